The average Bonchev–Trinajstić information content (AvgIpc) is 3.35. The van der Waals surface area contributed by atoms with Gasteiger partial charge in [-0.15, -0.1) is 0 Å². The van der Waals surface area contributed by atoms with Crippen LogP contribution in [-0.2, 0) is 14.4 Å². The molecule has 4 N–H and O–H groups in total. The average molecular weight is 454 g/mol. The molecule has 0 bridgehead atoms. The van der Waals surface area contributed by atoms with Crippen LogP contribution in [0, 0.1) is 0 Å². The quantitative estimate of drug-likeness (QED) is 0.491. The van der Waals surface area contributed by atoms with E-state index in [4.69, 9.17) is 29.8 Å². The van der Waals surface area contributed by atoms with Gasteiger partial charge in [0.05, 0.1) is 12.0 Å². The van der Waals surface area contributed by atoms with Crippen molar-refractivity contribution < 1.29 is 43.2 Å². The summed E-state index contributed by atoms with van der Waals surface area (Å²) in [6.07, 6.45) is 1.03. The molecule has 1 unspecified atom stereocenters. The Morgan fingerprint density at radius 1 is 1.12 bits per heavy atom. The molecule has 2 heterocycles. The number of nitrogens with one attached hydrogen (secondary N) is 1. The van der Waals surface area contributed by atoms with Crippen molar-refractivity contribution in [2.45, 2.75) is 12.5 Å². The van der Waals surface area contributed by atoms with Crippen LogP contribution >= 0.6 is 0 Å². The highest BCUT2D eigenvalue weighted by atomic mass is 16.7. The molecule has 0 fully saturated rings. The van der Waals surface area contributed by atoms with Gasteiger partial charge in [0.15, 0.2) is 23.9 Å². The lowest BCUT2D eigenvalue weighted by molar-refractivity contribution is -0.143. The molecule has 0 aromatic heterocycles. The molecule has 0 saturated heterocycles. The molecule has 2 aliphatic heterocycles. The fourth-order valence-corrected chi connectivity index (χ4v) is 3.20. The molecule has 0 aliphatic carbocycles. The van der Waals surface area contributed by atoms with Gasteiger partial charge in [0, 0.05) is 6.07 Å². The predicted octanol–water partition coefficient (Wildman–Crippen LogP) is 0.855. The number of fused-ring (bicyclic) bond motifs is 2. The van der Waals surface area contributed by atoms with Crippen molar-refractivity contribution in [2.75, 3.05) is 13.4 Å². The van der Waals surface area contributed by atoms with E-state index in [0.29, 0.717) is 22.6 Å². The van der Waals surface area contributed by atoms with Gasteiger partial charge in [-0.05, 0) is 35.9 Å². The molecule has 11 heteroatoms. The second-order valence-electron chi connectivity index (χ2n) is 7.13. The third-order valence-electron chi connectivity index (χ3n) is 4.74. The molecule has 2 amide bonds. The minimum Gasteiger partial charge on any atom is -0.484 e. The van der Waals surface area contributed by atoms with Gasteiger partial charge < -0.3 is 35.1 Å². The molecule has 33 heavy (non-hydrogen) atoms. The minimum absolute atomic E-state index is 0.106. The second-order valence-corrected chi connectivity index (χ2v) is 7.13. The lowest BCUT2D eigenvalue weighted by atomic mass is 10.1. The first-order valence-electron chi connectivity index (χ1n) is 9.71. The molecule has 0 radical (unpaired) electrons. The minimum atomic E-state index is -1.46. The fraction of sp³-hybridized carbons (Fsp3) is 0.182. The van der Waals surface area contributed by atoms with E-state index in [2.05, 4.69) is 5.32 Å². The molecule has 0 saturated carbocycles. The van der Waals surface area contributed by atoms with Crippen molar-refractivity contribution >= 4 is 29.6 Å². The number of ketones is 1. The Hall–Kier alpha value is -4.54. The number of primary amides is 1. The summed E-state index contributed by atoms with van der Waals surface area (Å²) >= 11 is 0. The molecular weight excluding hydrogens is 436 g/mol. The van der Waals surface area contributed by atoms with Crippen molar-refractivity contribution in [2.24, 2.45) is 5.73 Å². The zero-order valence-corrected chi connectivity index (χ0v) is 17.0. The van der Waals surface area contributed by atoms with Gasteiger partial charge in [0.2, 0.25) is 18.5 Å². The number of Topliss-reactive ketones (excluding diaryl/α,β-unsaturated/α-hetero) is 1. The first kappa shape index (κ1) is 21.7. The third-order valence-corrected chi connectivity index (χ3v) is 4.74. The van der Waals surface area contributed by atoms with E-state index < -0.39 is 36.9 Å². The molecule has 2 aliphatic rings. The number of amides is 2. The van der Waals surface area contributed by atoms with Crippen LogP contribution in [0.5, 0.6) is 23.0 Å². The number of carbonyl (C=O) groups excluding carboxylic acids is 3. The van der Waals surface area contributed by atoms with Crippen LogP contribution < -0.4 is 30.0 Å². The third kappa shape index (κ3) is 4.87. The normalized spacial score (nSPS) is 15.5. The Balaban J connectivity index is 1.40. The van der Waals surface area contributed by atoms with Crippen molar-refractivity contribution in [3.63, 3.8) is 0 Å². The van der Waals surface area contributed by atoms with Crippen LogP contribution in [-0.4, -0.2) is 48.1 Å². The van der Waals surface area contributed by atoms with Gasteiger partial charge in [0.1, 0.15) is 17.5 Å². The van der Waals surface area contributed by atoms with Gasteiger partial charge in [-0.25, -0.2) is 4.79 Å². The number of hydrogen-bond donors (Lipinski definition) is 3. The molecule has 170 valence electrons. The summed E-state index contributed by atoms with van der Waals surface area (Å²) in [5.41, 5.74) is 5.99. The Kier molecular flexibility index (Phi) is 5.85. The van der Waals surface area contributed by atoms with Crippen LogP contribution in [0.4, 0.5) is 0 Å². The van der Waals surface area contributed by atoms with Gasteiger partial charge in [-0.1, -0.05) is 6.07 Å². The summed E-state index contributed by atoms with van der Waals surface area (Å²) in [5, 5.41) is 11.2. The number of nitrogens with two attached hydrogens (primary N) is 1. The Bertz CT molecular complexity index is 1190. The standard InChI is InChI=1S/C22H18N2O9/c23-19(25)8-14(22(28)29)24-20(26)9-30-12-2-3-13-16(7-12)33-18(21(13)27)6-11-1-4-15-17(5-11)32-10-31-15/h1-7,14H,8-10H2,(H2,23,25)(H,24,26)(H,28,29). The number of rotatable bonds is 8. The maximum Gasteiger partial charge on any atom is 0.326 e. The Morgan fingerprint density at radius 2 is 1.91 bits per heavy atom. The number of ether oxygens (including phenoxy) is 4. The first-order valence-corrected chi connectivity index (χ1v) is 9.71. The fourth-order valence-electron chi connectivity index (χ4n) is 3.20. The molecule has 1 atom stereocenters. The molecule has 2 aromatic carbocycles. The van der Waals surface area contributed by atoms with E-state index in [1.165, 1.54) is 18.2 Å². The van der Waals surface area contributed by atoms with Crippen LogP contribution in [0.2, 0.25) is 0 Å². The SMILES string of the molecule is NC(=O)CC(NC(=O)COc1ccc2c(c1)OC(=Cc1ccc3c(c1)OCO3)C2=O)C(=O)O. The number of hydrogen-bond acceptors (Lipinski definition) is 8. The van der Waals surface area contributed by atoms with Gasteiger partial charge >= 0.3 is 5.97 Å². The molecule has 2 aromatic rings. The summed E-state index contributed by atoms with van der Waals surface area (Å²) in [6.45, 7) is -0.381. The van der Waals surface area contributed by atoms with Gasteiger partial charge in [0.25, 0.3) is 5.91 Å². The summed E-state index contributed by atoms with van der Waals surface area (Å²) in [6, 6.07) is 8.19. The zero-order chi connectivity index (χ0) is 23.5. The number of benzene rings is 2. The first-order chi connectivity index (χ1) is 15.8. The highest BCUT2D eigenvalue weighted by Gasteiger charge is 2.28. The number of allylic oxidation sites excluding steroid dienone is 1. The highest BCUT2D eigenvalue weighted by Crippen LogP contribution is 2.37. The van der Waals surface area contributed by atoms with Crippen molar-refractivity contribution in [3.05, 3.63) is 53.3 Å². The number of carboxylic acid groups (broad SMARTS) is 1. The van der Waals surface area contributed by atoms with E-state index in [9.17, 15) is 19.2 Å². The van der Waals surface area contributed by atoms with E-state index >= 15 is 0 Å². The molecule has 0 spiro atoms. The van der Waals surface area contributed by atoms with E-state index in [0.717, 1.165) is 0 Å². The highest BCUT2D eigenvalue weighted by molar-refractivity contribution is 6.14. The summed E-state index contributed by atoms with van der Waals surface area (Å²) in [5.74, 6) is -1.56. The summed E-state index contributed by atoms with van der Waals surface area (Å²) in [7, 11) is 0. The molecular formula is C22H18N2O9. The number of aliphatic carboxylic acids is 1. The van der Waals surface area contributed by atoms with Crippen LogP contribution in [0.15, 0.2) is 42.2 Å². The van der Waals surface area contributed by atoms with E-state index in [-0.39, 0.29) is 29.8 Å². The number of carbonyl (C=O) groups is 4. The largest absolute Gasteiger partial charge is 0.484 e. The molecule has 11 nitrogen and oxygen atoms in total. The predicted molar refractivity (Wildman–Crippen MR) is 111 cm³/mol. The van der Waals surface area contributed by atoms with Crippen molar-refractivity contribution in [1.82, 2.24) is 5.32 Å². The Labute approximate surface area is 186 Å². The monoisotopic (exact) mass is 454 g/mol. The maximum absolute atomic E-state index is 12.6. The van der Waals surface area contributed by atoms with E-state index in [1.54, 1.807) is 24.3 Å². The van der Waals surface area contributed by atoms with Crippen LogP contribution in [0.1, 0.15) is 22.3 Å². The maximum atomic E-state index is 12.6. The van der Waals surface area contributed by atoms with Crippen LogP contribution in [0.25, 0.3) is 6.08 Å². The summed E-state index contributed by atoms with van der Waals surface area (Å²) in [4.78, 5) is 46.6. The second kappa shape index (κ2) is 8.91. The zero-order valence-electron chi connectivity index (χ0n) is 17.0. The van der Waals surface area contributed by atoms with Gasteiger partial charge in [-0.2, -0.15) is 0 Å². The topological polar surface area (TPSA) is 163 Å². The van der Waals surface area contributed by atoms with Crippen molar-refractivity contribution in [3.8, 4) is 23.0 Å². The lowest BCUT2D eigenvalue weighted by Crippen LogP contribution is -2.45. The number of carboxylic acids is 1. The smallest absolute Gasteiger partial charge is 0.326 e. The summed E-state index contributed by atoms with van der Waals surface area (Å²) < 4.78 is 21.6. The van der Waals surface area contributed by atoms with Crippen LogP contribution in [0.3, 0.4) is 0 Å². The van der Waals surface area contributed by atoms with Gasteiger partial charge in [-0.3, -0.25) is 14.4 Å². The van der Waals surface area contributed by atoms with Crippen molar-refractivity contribution in [1.29, 1.82) is 0 Å². The molecule has 4 rings (SSSR count). The lowest BCUT2D eigenvalue weighted by Gasteiger charge is -2.13. The van der Waals surface area contributed by atoms with E-state index in [1.807, 2.05) is 0 Å². The Morgan fingerprint density at radius 3 is 2.67 bits per heavy atom.